The van der Waals surface area contributed by atoms with E-state index in [1.54, 1.807) is 31.0 Å². The second kappa shape index (κ2) is 20.0. The van der Waals surface area contributed by atoms with Crippen molar-refractivity contribution in [1.82, 2.24) is 5.32 Å². The number of unbranched alkanes of at least 4 members (excludes halogenated alkanes) is 2. The van der Waals surface area contributed by atoms with E-state index >= 15 is 0 Å². The van der Waals surface area contributed by atoms with Crippen molar-refractivity contribution in [1.29, 1.82) is 0 Å². The number of nitrogens with two attached hydrogens (primary N) is 1. The summed E-state index contributed by atoms with van der Waals surface area (Å²) in [5.41, 5.74) is 13.0. The summed E-state index contributed by atoms with van der Waals surface area (Å²) in [5, 5.41) is 15.4. The fourth-order valence-electron chi connectivity index (χ4n) is 6.50. The molecule has 55 heavy (non-hydrogen) atoms. The second-order valence-electron chi connectivity index (χ2n) is 13.6. The summed E-state index contributed by atoms with van der Waals surface area (Å²) in [5.74, 6) is 1.49. The number of methoxy groups -OCH3 is 1. The average molecular weight is 760 g/mol. The average Bonchev–Trinajstić information content (AvgIpc) is 3.23. The van der Waals surface area contributed by atoms with Gasteiger partial charge in [-0.25, -0.2) is 0 Å². The molecule has 0 bridgehead atoms. The predicted molar refractivity (Wildman–Crippen MR) is 218 cm³/mol. The molecule has 1 aliphatic heterocycles. The van der Waals surface area contributed by atoms with Gasteiger partial charge in [-0.3, -0.25) is 9.59 Å². The quantitative estimate of drug-likeness (QED) is 0.0420. The Bertz CT molecular complexity index is 2010. The number of hydrogen-bond acceptors (Lipinski definition) is 8. The van der Waals surface area contributed by atoms with Gasteiger partial charge in [0.2, 0.25) is 11.8 Å². The maximum atomic E-state index is 12.6. The largest absolute Gasteiger partial charge is 0.496 e. The summed E-state index contributed by atoms with van der Waals surface area (Å²) in [4.78, 5) is 25.9. The second-order valence-corrected chi connectivity index (χ2v) is 14.7. The smallest absolute Gasteiger partial charge is 0.224 e. The topological polar surface area (TPSA) is 132 Å². The molecule has 5 aromatic rings. The minimum Gasteiger partial charge on any atom is -0.496 e. The molecule has 1 heterocycles. The van der Waals surface area contributed by atoms with E-state index in [-0.39, 0.29) is 30.6 Å². The van der Waals surface area contributed by atoms with Gasteiger partial charge in [-0.05, 0) is 71.0 Å². The Morgan fingerprint density at radius 3 is 2.27 bits per heavy atom. The number of hydrogen-bond donors (Lipinski definition) is 4. The first-order valence-corrected chi connectivity index (χ1v) is 19.7. The third-order valence-corrected chi connectivity index (χ3v) is 10.8. The van der Waals surface area contributed by atoms with Crippen LogP contribution in [0, 0.1) is 0 Å². The van der Waals surface area contributed by atoms with Gasteiger partial charge in [0, 0.05) is 42.0 Å². The minimum absolute atomic E-state index is 0.00341. The standard InChI is InChI=1S/C45H49N3O6S/c1-52-40-14-7-8-15-42(40)55-30-37-27-41(34-20-18-31(29-49)19-21-34)54-45(53-37)35-24-22-33(23-25-35)36-11-9-10-32(26-36)28-47-43(50)16-3-2-4-17-44(51)48-39-13-6-5-12-38(39)46/h5-15,18-26,37,41,45,49H,2-4,16-17,27-30,46H2,1H3,(H,47,50)(H,48,51)/t37-,41+,45+/m0/s1. The van der Waals surface area contributed by atoms with E-state index < -0.39 is 6.29 Å². The summed E-state index contributed by atoms with van der Waals surface area (Å²) in [6, 6.07) is 39.5. The van der Waals surface area contributed by atoms with Crippen molar-refractivity contribution in [3.63, 3.8) is 0 Å². The zero-order chi connectivity index (χ0) is 38.4. The zero-order valence-electron chi connectivity index (χ0n) is 31.1. The fourth-order valence-corrected chi connectivity index (χ4v) is 7.55. The normalized spacial score (nSPS) is 16.7. The molecule has 6 rings (SSSR count). The van der Waals surface area contributed by atoms with Crippen LogP contribution in [-0.2, 0) is 32.2 Å². The number of benzene rings is 5. The lowest BCUT2D eigenvalue weighted by molar-refractivity contribution is -0.245. The van der Waals surface area contributed by atoms with Gasteiger partial charge in [0.05, 0.1) is 37.3 Å². The molecule has 0 radical (unpaired) electrons. The molecule has 1 fully saturated rings. The van der Waals surface area contributed by atoms with Gasteiger partial charge < -0.3 is 35.7 Å². The van der Waals surface area contributed by atoms with E-state index in [9.17, 15) is 14.7 Å². The van der Waals surface area contributed by atoms with Crippen molar-refractivity contribution in [3.05, 3.63) is 144 Å². The SMILES string of the molecule is COc1ccccc1SC[C@@H]1C[C@H](c2ccc(CO)cc2)O[C@H](c2ccc(-c3cccc(CNC(=O)CCCCCC(=O)Nc4ccccc4N)c3)cc2)O1. The molecule has 286 valence electrons. The molecule has 1 saturated heterocycles. The van der Waals surface area contributed by atoms with E-state index in [1.165, 1.54) is 0 Å². The number of amides is 2. The van der Waals surface area contributed by atoms with E-state index in [0.29, 0.717) is 50.0 Å². The Hall–Kier alpha value is -5.13. The highest BCUT2D eigenvalue weighted by molar-refractivity contribution is 7.99. The Kier molecular flexibility index (Phi) is 14.4. The Morgan fingerprint density at radius 2 is 1.51 bits per heavy atom. The number of nitrogens with one attached hydrogen (secondary N) is 2. The van der Waals surface area contributed by atoms with Gasteiger partial charge in [0.25, 0.3) is 0 Å². The first kappa shape index (κ1) is 39.6. The summed E-state index contributed by atoms with van der Waals surface area (Å²) in [6.45, 7) is 0.431. The van der Waals surface area contributed by atoms with Gasteiger partial charge in [-0.2, -0.15) is 0 Å². The summed E-state index contributed by atoms with van der Waals surface area (Å²) >= 11 is 1.71. The number of carbonyl (C=O) groups excluding carboxylic acids is 2. The highest BCUT2D eigenvalue weighted by atomic mass is 32.2. The van der Waals surface area contributed by atoms with Crippen LogP contribution in [0.4, 0.5) is 11.4 Å². The molecular weight excluding hydrogens is 711 g/mol. The maximum Gasteiger partial charge on any atom is 0.224 e. The van der Waals surface area contributed by atoms with Crippen LogP contribution in [0.2, 0.25) is 0 Å². The van der Waals surface area contributed by atoms with Gasteiger partial charge in [0.15, 0.2) is 6.29 Å². The van der Waals surface area contributed by atoms with Gasteiger partial charge in [0.1, 0.15) is 5.75 Å². The van der Waals surface area contributed by atoms with Crippen LogP contribution in [0.15, 0.2) is 126 Å². The molecule has 5 N–H and O–H groups in total. The lowest BCUT2D eigenvalue weighted by Crippen LogP contribution is -2.31. The molecule has 0 unspecified atom stereocenters. The first-order chi connectivity index (χ1) is 26.9. The van der Waals surface area contributed by atoms with Crippen molar-refractivity contribution in [2.75, 3.05) is 23.9 Å². The van der Waals surface area contributed by atoms with Crippen LogP contribution >= 0.6 is 11.8 Å². The van der Waals surface area contributed by atoms with Crippen molar-refractivity contribution in [3.8, 4) is 16.9 Å². The third-order valence-electron chi connectivity index (χ3n) is 9.58. The molecule has 0 aromatic heterocycles. The van der Waals surface area contributed by atoms with Crippen LogP contribution in [-0.4, -0.2) is 35.9 Å². The Morgan fingerprint density at radius 1 is 0.782 bits per heavy atom. The minimum atomic E-state index is -0.555. The zero-order valence-corrected chi connectivity index (χ0v) is 31.9. The monoisotopic (exact) mass is 759 g/mol. The lowest BCUT2D eigenvalue weighted by Gasteiger charge is -2.36. The number of ether oxygens (including phenoxy) is 3. The van der Waals surface area contributed by atoms with Gasteiger partial charge >= 0.3 is 0 Å². The number of anilines is 2. The number of rotatable bonds is 17. The number of thioether (sulfide) groups is 1. The number of nitrogen functional groups attached to an aromatic ring is 1. The van der Waals surface area contributed by atoms with Crippen LogP contribution in [0.25, 0.3) is 11.1 Å². The lowest BCUT2D eigenvalue weighted by atomic mass is 9.99. The number of carbonyl (C=O) groups is 2. The van der Waals surface area contributed by atoms with E-state index in [0.717, 1.165) is 56.2 Å². The van der Waals surface area contributed by atoms with Crippen LogP contribution in [0.5, 0.6) is 5.75 Å². The Labute approximate surface area is 327 Å². The van der Waals surface area contributed by atoms with E-state index in [4.69, 9.17) is 19.9 Å². The predicted octanol–water partition coefficient (Wildman–Crippen LogP) is 8.98. The van der Waals surface area contributed by atoms with E-state index in [2.05, 4.69) is 53.1 Å². The van der Waals surface area contributed by atoms with Crippen molar-refractivity contribution in [2.24, 2.45) is 0 Å². The molecule has 1 aliphatic rings. The van der Waals surface area contributed by atoms with Crippen molar-refractivity contribution < 1.29 is 28.9 Å². The molecule has 5 aromatic carbocycles. The highest BCUT2D eigenvalue weighted by Gasteiger charge is 2.32. The molecule has 3 atom stereocenters. The van der Waals surface area contributed by atoms with Gasteiger partial charge in [-0.1, -0.05) is 97.4 Å². The molecule has 0 saturated carbocycles. The van der Waals surface area contributed by atoms with Crippen LogP contribution < -0.4 is 21.1 Å². The molecular formula is C45H49N3O6S. The maximum absolute atomic E-state index is 12.6. The summed E-state index contributed by atoms with van der Waals surface area (Å²) in [7, 11) is 1.69. The molecule has 0 spiro atoms. The molecule has 2 amide bonds. The van der Waals surface area contributed by atoms with Crippen LogP contribution in [0.3, 0.4) is 0 Å². The molecule has 0 aliphatic carbocycles. The number of para-hydroxylation sites is 3. The molecule has 10 heteroatoms. The Balaban J connectivity index is 1.01. The van der Waals surface area contributed by atoms with Crippen LogP contribution in [0.1, 0.15) is 73.2 Å². The number of aliphatic hydroxyl groups excluding tert-OH is 1. The summed E-state index contributed by atoms with van der Waals surface area (Å²) in [6.07, 6.45) is 2.89. The van der Waals surface area contributed by atoms with Gasteiger partial charge in [-0.15, -0.1) is 11.8 Å². The number of aliphatic hydroxyl groups is 1. The van der Waals surface area contributed by atoms with Crippen molar-refractivity contribution >= 4 is 35.0 Å². The first-order valence-electron chi connectivity index (χ1n) is 18.7. The van der Waals surface area contributed by atoms with E-state index in [1.807, 2.05) is 66.7 Å². The fraction of sp³-hybridized carbons (Fsp3) is 0.289. The summed E-state index contributed by atoms with van der Waals surface area (Å²) < 4.78 is 18.7. The van der Waals surface area contributed by atoms with Crippen molar-refractivity contribution in [2.45, 2.75) is 75.1 Å². The third kappa shape index (κ3) is 11.4. The highest BCUT2D eigenvalue weighted by Crippen LogP contribution is 2.41. The molecule has 9 nitrogen and oxygen atoms in total.